The van der Waals surface area contributed by atoms with Crippen LogP contribution in [0.1, 0.15) is 13.8 Å². The van der Waals surface area contributed by atoms with Gasteiger partial charge < -0.3 is 15.2 Å². The van der Waals surface area contributed by atoms with Crippen LogP contribution in [-0.2, 0) is 0 Å². The Labute approximate surface area is 115 Å². The van der Waals surface area contributed by atoms with Crippen LogP contribution in [0.3, 0.4) is 0 Å². The highest BCUT2D eigenvalue weighted by Crippen LogP contribution is 2.29. The summed E-state index contributed by atoms with van der Waals surface area (Å²) in [5.41, 5.74) is 6.18. The summed E-state index contributed by atoms with van der Waals surface area (Å²) in [6.07, 6.45) is -0.0173. The number of rotatable bonds is 4. The third-order valence-corrected chi connectivity index (χ3v) is 2.35. The minimum atomic E-state index is -0.706. The van der Waals surface area contributed by atoms with Crippen LogP contribution in [0.25, 0.3) is 0 Å². The molecule has 2 N–H and O–H groups in total. The van der Waals surface area contributed by atoms with Gasteiger partial charge in [-0.15, -0.1) is 0 Å². The molecule has 0 saturated heterocycles. The lowest BCUT2D eigenvalue weighted by atomic mass is 10.2. The summed E-state index contributed by atoms with van der Waals surface area (Å²) in [4.78, 5) is 0. The van der Waals surface area contributed by atoms with Crippen molar-refractivity contribution in [3.8, 4) is 17.2 Å². The monoisotopic (exact) mass is 279 g/mol. The first-order valence-corrected chi connectivity index (χ1v) is 6.13. The van der Waals surface area contributed by atoms with Crippen molar-refractivity contribution in [2.24, 2.45) is 0 Å². The van der Waals surface area contributed by atoms with E-state index in [9.17, 15) is 8.78 Å². The molecule has 2 aromatic rings. The standard InChI is InChI=1S/C15H15F2NO2/c1-9(2)19-14-6-12(18)7-15(8-14)20-13-4-10(16)3-11(17)5-13/h3-9H,18H2,1-2H3. The quantitative estimate of drug-likeness (QED) is 0.856. The molecule has 0 fully saturated rings. The van der Waals surface area contributed by atoms with E-state index in [0.717, 1.165) is 18.2 Å². The fourth-order valence-electron chi connectivity index (χ4n) is 1.72. The predicted octanol–water partition coefficient (Wildman–Crippen LogP) is 4.13. The maximum Gasteiger partial charge on any atom is 0.133 e. The third-order valence-electron chi connectivity index (χ3n) is 2.35. The number of nitrogen functional groups attached to an aromatic ring is 1. The van der Waals surface area contributed by atoms with Gasteiger partial charge in [0.15, 0.2) is 0 Å². The van der Waals surface area contributed by atoms with Crippen LogP contribution in [0, 0.1) is 11.6 Å². The van der Waals surface area contributed by atoms with E-state index in [0.29, 0.717) is 17.2 Å². The molecule has 0 atom stereocenters. The average Bonchev–Trinajstić information content (AvgIpc) is 2.24. The minimum Gasteiger partial charge on any atom is -0.491 e. The first kappa shape index (κ1) is 14.1. The van der Waals surface area contributed by atoms with Crippen molar-refractivity contribution >= 4 is 5.69 Å². The molecule has 0 radical (unpaired) electrons. The Morgan fingerprint density at radius 1 is 0.850 bits per heavy atom. The molecule has 2 rings (SSSR count). The Kier molecular flexibility index (Phi) is 4.08. The molecule has 0 aliphatic heterocycles. The van der Waals surface area contributed by atoms with Gasteiger partial charge >= 0.3 is 0 Å². The van der Waals surface area contributed by atoms with E-state index in [1.54, 1.807) is 18.2 Å². The lowest BCUT2D eigenvalue weighted by Gasteiger charge is -2.13. The summed E-state index contributed by atoms with van der Waals surface area (Å²) in [6.45, 7) is 3.76. The second-order valence-corrected chi connectivity index (χ2v) is 4.61. The van der Waals surface area contributed by atoms with E-state index in [4.69, 9.17) is 15.2 Å². The van der Waals surface area contributed by atoms with E-state index in [-0.39, 0.29) is 11.9 Å². The van der Waals surface area contributed by atoms with Gasteiger partial charge in [-0.3, -0.25) is 0 Å². The Balaban J connectivity index is 2.26. The predicted molar refractivity (Wildman–Crippen MR) is 73.1 cm³/mol. The zero-order valence-corrected chi connectivity index (χ0v) is 11.2. The van der Waals surface area contributed by atoms with Crippen LogP contribution in [-0.4, -0.2) is 6.10 Å². The molecule has 0 spiro atoms. The Morgan fingerprint density at radius 3 is 2.00 bits per heavy atom. The number of benzene rings is 2. The van der Waals surface area contributed by atoms with Crippen LogP contribution in [0.2, 0.25) is 0 Å². The fourth-order valence-corrected chi connectivity index (χ4v) is 1.72. The molecule has 2 aromatic carbocycles. The highest BCUT2D eigenvalue weighted by Gasteiger charge is 2.06. The Hall–Kier alpha value is -2.30. The van der Waals surface area contributed by atoms with E-state index < -0.39 is 11.6 Å². The lowest BCUT2D eigenvalue weighted by Crippen LogP contribution is -2.05. The van der Waals surface area contributed by atoms with Crippen molar-refractivity contribution in [3.63, 3.8) is 0 Å². The van der Waals surface area contributed by atoms with Crippen LogP contribution in [0.15, 0.2) is 36.4 Å². The second-order valence-electron chi connectivity index (χ2n) is 4.61. The number of anilines is 1. The fraction of sp³-hybridized carbons (Fsp3) is 0.200. The van der Waals surface area contributed by atoms with Crippen molar-refractivity contribution in [2.45, 2.75) is 20.0 Å². The highest BCUT2D eigenvalue weighted by atomic mass is 19.1. The van der Waals surface area contributed by atoms with Crippen LogP contribution in [0.5, 0.6) is 17.2 Å². The molecule has 5 heteroatoms. The van der Waals surface area contributed by atoms with Gasteiger partial charge in [0.05, 0.1) is 6.10 Å². The zero-order chi connectivity index (χ0) is 14.7. The lowest BCUT2D eigenvalue weighted by molar-refractivity contribution is 0.242. The van der Waals surface area contributed by atoms with Gasteiger partial charge in [0.25, 0.3) is 0 Å². The van der Waals surface area contributed by atoms with Gasteiger partial charge in [-0.2, -0.15) is 0 Å². The first-order chi connectivity index (χ1) is 9.42. The van der Waals surface area contributed by atoms with Gasteiger partial charge in [-0.1, -0.05) is 0 Å². The summed E-state index contributed by atoms with van der Waals surface area (Å²) >= 11 is 0. The number of hydrogen-bond donors (Lipinski definition) is 1. The maximum absolute atomic E-state index is 13.1. The Bertz CT molecular complexity index is 595. The number of ether oxygens (including phenoxy) is 2. The van der Waals surface area contributed by atoms with Gasteiger partial charge in [-0.25, -0.2) is 8.78 Å². The Morgan fingerprint density at radius 2 is 1.40 bits per heavy atom. The molecule has 0 heterocycles. The van der Waals surface area contributed by atoms with Crippen molar-refractivity contribution in [1.82, 2.24) is 0 Å². The molecular weight excluding hydrogens is 264 g/mol. The van der Waals surface area contributed by atoms with Gasteiger partial charge in [0.1, 0.15) is 28.9 Å². The summed E-state index contributed by atoms with van der Waals surface area (Å²) in [5.74, 6) is -0.466. The topological polar surface area (TPSA) is 44.5 Å². The molecule has 0 amide bonds. The normalized spacial score (nSPS) is 10.7. The van der Waals surface area contributed by atoms with Crippen molar-refractivity contribution in [1.29, 1.82) is 0 Å². The van der Waals surface area contributed by atoms with Crippen molar-refractivity contribution in [2.75, 3.05) is 5.73 Å². The summed E-state index contributed by atoms with van der Waals surface area (Å²) in [5, 5.41) is 0. The van der Waals surface area contributed by atoms with Crippen LogP contribution >= 0.6 is 0 Å². The van der Waals surface area contributed by atoms with Crippen molar-refractivity contribution in [3.05, 3.63) is 48.0 Å². The molecular formula is C15H15F2NO2. The van der Waals surface area contributed by atoms with E-state index >= 15 is 0 Å². The molecule has 0 aliphatic rings. The zero-order valence-electron chi connectivity index (χ0n) is 11.2. The molecule has 3 nitrogen and oxygen atoms in total. The minimum absolute atomic E-state index is 0.0173. The molecule has 0 aromatic heterocycles. The van der Waals surface area contributed by atoms with Crippen LogP contribution < -0.4 is 15.2 Å². The molecule has 20 heavy (non-hydrogen) atoms. The smallest absolute Gasteiger partial charge is 0.133 e. The molecule has 0 bridgehead atoms. The number of hydrogen-bond acceptors (Lipinski definition) is 3. The van der Waals surface area contributed by atoms with Gasteiger partial charge in [0.2, 0.25) is 0 Å². The average molecular weight is 279 g/mol. The van der Waals surface area contributed by atoms with E-state index in [2.05, 4.69) is 0 Å². The summed E-state index contributed by atoms with van der Waals surface area (Å²) in [7, 11) is 0. The SMILES string of the molecule is CC(C)Oc1cc(N)cc(Oc2cc(F)cc(F)c2)c1. The highest BCUT2D eigenvalue weighted by molar-refractivity contribution is 5.51. The number of halogens is 2. The maximum atomic E-state index is 13.1. The molecule has 0 saturated carbocycles. The van der Waals surface area contributed by atoms with Crippen molar-refractivity contribution < 1.29 is 18.3 Å². The largest absolute Gasteiger partial charge is 0.491 e. The van der Waals surface area contributed by atoms with Gasteiger partial charge in [-0.05, 0) is 13.8 Å². The van der Waals surface area contributed by atoms with Crippen LogP contribution in [0.4, 0.5) is 14.5 Å². The first-order valence-electron chi connectivity index (χ1n) is 6.13. The molecule has 0 unspecified atom stereocenters. The van der Waals surface area contributed by atoms with Gasteiger partial charge in [0, 0.05) is 42.1 Å². The third kappa shape index (κ3) is 3.85. The molecule has 106 valence electrons. The number of nitrogens with two attached hydrogens (primary N) is 1. The summed E-state index contributed by atoms with van der Waals surface area (Å²) < 4.78 is 37.1. The van der Waals surface area contributed by atoms with E-state index in [1.807, 2.05) is 13.8 Å². The second kappa shape index (κ2) is 5.77. The molecule has 0 aliphatic carbocycles. The van der Waals surface area contributed by atoms with E-state index in [1.165, 1.54) is 0 Å². The summed E-state index contributed by atoms with van der Waals surface area (Å²) in [6, 6.07) is 7.78.